The molecule has 1 aliphatic rings. The first-order chi connectivity index (χ1) is 13.6. The highest BCUT2D eigenvalue weighted by Gasteiger charge is 2.25. The van der Waals surface area contributed by atoms with Gasteiger partial charge in [-0.05, 0) is 42.5 Å². The van der Waals surface area contributed by atoms with Crippen molar-refractivity contribution in [3.8, 4) is 0 Å². The molecule has 4 rings (SSSR count). The molecule has 28 heavy (non-hydrogen) atoms. The van der Waals surface area contributed by atoms with Gasteiger partial charge in [0, 0.05) is 21.3 Å². The minimum Gasteiger partial charge on any atom is -0.349 e. The van der Waals surface area contributed by atoms with Crippen molar-refractivity contribution >= 4 is 51.6 Å². The molecule has 1 aliphatic carbocycles. The first-order valence-electron chi connectivity index (χ1n) is 9.11. The number of carbonyl (C=O) groups is 2. The lowest BCUT2D eigenvalue weighted by atomic mass is 10.1. The van der Waals surface area contributed by atoms with Crippen LogP contribution in [-0.4, -0.2) is 23.6 Å². The molecule has 0 aromatic heterocycles. The van der Waals surface area contributed by atoms with Crippen LogP contribution in [0.1, 0.15) is 23.2 Å². The topological polar surface area (TPSA) is 58.2 Å². The smallest absolute Gasteiger partial charge is 0.253 e. The number of carbonyl (C=O) groups excluding carboxylic acids is 2. The van der Waals surface area contributed by atoms with Crippen LogP contribution in [0.15, 0.2) is 65.6 Å². The second kappa shape index (κ2) is 8.25. The number of hydrogen-bond donors (Lipinski definition) is 2. The molecule has 2 N–H and O–H groups in total. The quantitative estimate of drug-likeness (QED) is 0.555. The Morgan fingerprint density at radius 1 is 1.00 bits per heavy atom. The number of fused-ring (bicyclic) bond motifs is 1. The molecule has 142 valence electrons. The van der Waals surface area contributed by atoms with Gasteiger partial charge in [0.2, 0.25) is 5.91 Å². The van der Waals surface area contributed by atoms with Gasteiger partial charge in [0.1, 0.15) is 0 Å². The Bertz CT molecular complexity index is 1040. The van der Waals surface area contributed by atoms with E-state index < -0.39 is 0 Å². The van der Waals surface area contributed by atoms with Gasteiger partial charge in [-0.2, -0.15) is 0 Å². The summed E-state index contributed by atoms with van der Waals surface area (Å²) in [5.74, 6) is -0.0873. The third kappa shape index (κ3) is 4.32. The monoisotopic (exact) mass is 410 g/mol. The lowest BCUT2D eigenvalue weighted by molar-refractivity contribution is -0.113. The van der Waals surface area contributed by atoms with E-state index >= 15 is 0 Å². The molecule has 0 aliphatic heterocycles. The number of nitrogens with one attached hydrogen (secondary N) is 2. The van der Waals surface area contributed by atoms with Crippen molar-refractivity contribution in [2.24, 2.45) is 0 Å². The van der Waals surface area contributed by atoms with Crippen LogP contribution < -0.4 is 10.6 Å². The Morgan fingerprint density at radius 3 is 2.54 bits per heavy atom. The Hall–Kier alpha value is -2.50. The molecule has 1 saturated carbocycles. The van der Waals surface area contributed by atoms with E-state index in [0.717, 1.165) is 28.5 Å². The molecular weight excluding hydrogens is 392 g/mol. The van der Waals surface area contributed by atoms with E-state index in [9.17, 15) is 9.59 Å². The molecule has 6 heteroatoms. The van der Waals surface area contributed by atoms with Gasteiger partial charge in [0.25, 0.3) is 5.91 Å². The van der Waals surface area contributed by atoms with Crippen molar-refractivity contribution in [1.82, 2.24) is 5.32 Å². The highest BCUT2D eigenvalue weighted by atomic mass is 35.5. The second-order valence-electron chi connectivity index (χ2n) is 6.72. The van der Waals surface area contributed by atoms with E-state index in [2.05, 4.69) is 10.6 Å². The zero-order valence-electron chi connectivity index (χ0n) is 15.1. The normalized spacial score (nSPS) is 13.3. The third-order valence-electron chi connectivity index (χ3n) is 4.53. The fourth-order valence-electron chi connectivity index (χ4n) is 2.99. The molecule has 0 heterocycles. The first-order valence-corrected chi connectivity index (χ1v) is 10.5. The number of rotatable bonds is 6. The van der Waals surface area contributed by atoms with Gasteiger partial charge in [0.15, 0.2) is 0 Å². The number of hydrogen-bond acceptors (Lipinski definition) is 3. The zero-order valence-corrected chi connectivity index (χ0v) is 16.6. The van der Waals surface area contributed by atoms with Gasteiger partial charge in [-0.15, -0.1) is 11.8 Å². The lowest BCUT2D eigenvalue weighted by Gasteiger charge is -2.12. The summed E-state index contributed by atoms with van der Waals surface area (Å²) in [6, 6.07) is 19.0. The van der Waals surface area contributed by atoms with Gasteiger partial charge < -0.3 is 10.6 Å². The van der Waals surface area contributed by atoms with Crippen LogP contribution in [-0.2, 0) is 4.79 Å². The van der Waals surface area contributed by atoms with E-state index in [1.807, 2.05) is 36.4 Å². The second-order valence-corrected chi connectivity index (χ2v) is 8.15. The summed E-state index contributed by atoms with van der Waals surface area (Å²) in [6.07, 6.45) is 2.04. The van der Waals surface area contributed by atoms with E-state index in [-0.39, 0.29) is 23.6 Å². The number of halogens is 1. The van der Waals surface area contributed by atoms with Crippen LogP contribution in [0.5, 0.6) is 0 Å². The fraction of sp³-hybridized carbons (Fsp3) is 0.182. The maximum atomic E-state index is 12.5. The summed E-state index contributed by atoms with van der Waals surface area (Å²) in [5.41, 5.74) is 1.02. The Kier molecular flexibility index (Phi) is 5.55. The lowest BCUT2D eigenvalue weighted by Crippen LogP contribution is -2.27. The Labute approximate surface area is 172 Å². The number of thioether (sulfide) groups is 1. The van der Waals surface area contributed by atoms with Crippen LogP contribution in [0, 0.1) is 0 Å². The summed E-state index contributed by atoms with van der Waals surface area (Å²) >= 11 is 7.78. The van der Waals surface area contributed by atoms with E-state index in [1.54, 1.807) is 24.3 Å². The number of benzene rings is 3. The molecule has 0 unspecified atom stereocenters. The van der Waals surface area contributed by atoms with Crippen LogP contribution in [0.25, 0.3) is 10.8 Å². The summed E-state index contributed by atoms with van der Waals surface area (Å²) in [6.45, 7) is 0. The predicted molar refractivity (Wildman–Crippen MR) is 115 cm³/mol. The molecule has 0 saturated heterocycles. The molecule has 3 aromatic rings. The SMILES string of the molecule is O=C(CSc1cccc2cccc(Cl)c12)Nc1ccccc1C(=O)NC1CC1. The van der Waals surface area contributed by atoms with Gasteiger partial charge in [-0.3, -0.25) is 9.59 Å². The fourth-order valence-corrected chi connectivity index (χ4v) is 4.24. The van der Waals surface area contributed by atoms with Crippen molar-refractivity contribution < 1.29 is 9.59 Å². The molecule has 1 fully saturated rings. The van der Waals surface area contributed by atoms with Gasteiger partial charge in [-0.1, -0.05) is 48.0 Å². The van der Waals surface area contributed by atoms with Crippen LogP contribution in [0.2, 0.25) is 5.02 Å². The van der Waals surface area contributed by atoms with Gasteiger partial charge in [0.05, 0.1) is 17.0 Å². The summed E-state index contributed by atoms with van der Waals surface area (Å²) < 4.78 is 0. The average molecular weight is 411 g/mol. The molecule has 0 bridgehead atoms. The summed E-state index contributed by atoms with van der Waals surface area (Å²) in [5, 5.41) is 8.49. The summed E-state index contributed by atoms with van der Waals surface area (Å²) in [4.78, 5) is 25.9. The van der Waals surface area contributed by atoms with E-state index in [4.69, 9.17) is 11.6 Å². The highest BCUT2D eigenvalue weighted by Crippen LogP contribution is 2.33. The van der Waals surface area contributed by atoms with Crippen molar-refractivity contribution in [3.63, 3.8) is 0 Å². The molecule has 0 radical (unpaired) electrons. The third-order valence-corrected chi connectivity index (χ3v) is 5.91. The van der Waals surface area contributed by atoms with Crippen molar-refractivity contribution in [2.45, 2.75) is 23.8 Å². The maximum Gasteiger partial charge on any atom is 0.253 e. The minimum atomic E-state index is -0.166. The van der Waals surface area contributed by atoms with Crippen LogP contribution >= 0.6 is 23.4 Å². The van der Waals surface area contributed by atoms with E-state index in [0.29, 0.717) is 16.3 Å². The van der Waals surface area contributed by atoms with Gasteiger partial charge in [-0.25, -0.2) is 0 Å². The largest absolute Gasteiger partial charge is 0.349 e. The van der Waals surface area contributed by atoms with Crippen LogP contribution in [0.4, 0.5) is 5.69 Å². The zero-order chi connectivity index (χ0) is 19.5. The molecule has 0 atom stereocenters. The standard InChI is InChI=1S/C22H19ClN2O2S/c23-17-8-3-5-14-6-4-10-19(21(14)17)28-13-20(26)25-18-9-2-1-7-16(18)22(27)24-15-11-12-15/h1-10,15H,11-13H2,(H,24,27)(H,25,26). The van der Waals surface area contributed by atoms with Crippen molar-refractivity contribution in [1.29, 1.82) is 0 Å². The first kappa shape index (κ1) is 18.8. The van der Waals surface area contributed by atoms with Crippen molar-refractivity contribution in [2.75, 3.05) is 11.1 Å². The Morgan fingerprint density at radius 2 is 1.75 bits per heavy atom. The number of anilines is 1. The van der Waals surface area contributed by atoms with Gasteiger partial charge >= 0.3 is 0 Å². The highest BCUT2D eigenvalue weighted by molar-refractivity contribution is 8.00. The average Bonchev–Trinajstić information content (AvgIpc) is 3.51. The van der Waals surface area contributed by atoms with E-state index in [1.165, 1.54) is 11.8 Å². The predicted octanol–water partition coefficient (Wildman–Crippen LogP) is 5.12. The van der Waals surface area contributed by atoms with Crippen molar-refractivity contribution in [3.05, 3.63) is 71.2 Å². The Balaban J connectivity index is 1.45. The molecule has 4 nitrogen and oxygen atoms in total. The number of amides is 2. The van der Waals surface area contributed by atoms with Crippen LogP contribution in [0.3, 0.4) is 0 Å². The minimum absolute atomic E-state index is 0.146. The number of para-hydroxylation sites is 1. The molecule has 0 spiro atoms. The maximum absolute atomic E-state index is 12.5. The summed E-state index contributed by atoms with van der Waals surface area (Å²) in [7, 11) is 0. The molecule has 3 aromatic carbocycles. The molecular formula is C22H19ClN2O2S. The molecule has 2 amide bonds.